The molecule has 5 nitrogen and oxygen atoms in total. The van der Waals surface area contributed by atoms with Gasteiger partial charge in [-0.1, -0.05) is 51.1 Å². The van der Waals surface area contributed by atoms with E-state index in [4.69, 9.17) is 9.16 Å². The molecule has 0 bridgehead atoms. The molecule has 1 rings (SSSR count). The largest absolute Gasteiger partial charge is 0.445 e. The molecule has 0 radical (unpaired) electrons. The Labute approximate surface area is 140 Å². The van der Waals surface area contributed by atoms with Gasteiger partial charge in [0.15, 0.2) is 8.32 Å². The average Bonchev–Trinajstić information content (AvgIpc) is 2.49. The zero-order chi connectivity index (χ0) is 17.5. The van der Waals surface area contributed by atoms with Crippen molar-refractivity contribution in [3.8, 4) is 0 Å². The molecule has 1 aromatic carbocycles. The molecule has 0 aliphatic heterocycles. The van der Waals surface area contributed by atoms with Crippen LogP contribution >= 0.6 is 0 Å². The number of nitrogens with one attached hydrogen (secondary N) is 1. The molecule has 0 aliphatic rings. The molecule has 0 aromatic heterocycles. The molecule has 0 aliphatic carbocycles. The van der Waals surface area contributed by atoms with Gasteiger partial charge in [0.05, 0.1) is 19.3 Å². The monoisotopic (exact) mass is 339 g/mol. The molecule has 0 fully saturated rings. The van der Waals surface area contributed by atoms with Crippen molar-refractivity contribution >= 4 is 14.4 Å². The van der Waals surface area contributed by atoms with Crippen molar-refractivity contribution in [1.82, 2.24) is 5.32 Å². The molecule has 0 saturated heterocycles. The van der Waals surface area contributed by atoms with Gasteiger partial charge < -0.3 is 19.6 Å². The van der Waals surface area contributed by atoms with Gasteiger partial charge in [0.1, 0.15) is 6.61 Å². The smallest absolute Gasteiger partial charge is 0.407 e. The highest BCUT2D eigenvalue weighted by atomic mass is 28.4. The zero-order valence-corrected chi connectivity index (χ0v) is 15.8. The van der Waals surface area contributed by atoms with Crippen LogP contribution in [0.15, 0.2) is 30.3 Å². The van der Waals surface area contributed by atoms with Crippen LogP contribution in [0.1, 0.15) is 26.3 Å². The Morgan fingerprint density at radius 1 is 1.26 bits per heavy atom. The van der Waals surface area contributed by atoms with Gasteiger partial charge in [0.2, 0.25) is 0 Å². The lowest BCUT2D eigenvalue weighted by atomic mass is 10.2. The van der Waals surface area contributed by atoms with Gasteiger partial charge >= 0.3 is 6.09 Å². The summed E-state index contributed by atoms with van der Waals surface area (Å²) in [6, 6.07) is 8.99. The topological polar surface area (TPSA) is 67.8 Å². The zero-order valence-electron chi connectivity index (χ0n) is 14.8. The van der Waals surface area contributed by atoms with Gasteiger partial charge in [-0.2, -0.15) is 0 Å². The molecule has 1 unspecified atom stereocenters. The van der Waals surface area contributed by atoms with E-state index in [0.29, 0.717) is 0 Å². The molecule has 1 aromatic rings. The Morgan fingerprint density at radius 3 is 2.39 bits per heavy atom. The summed E-state index contributed by atoms with van der Waals surface area (Å²) in [4.78, 5) is 11.8. The van der Waals surface area contributed by atoms with Crippen molar-refractivity contribution in [2.24, 2.45) is 0 Å². The third-order valence-corrected chi connectivity index (χ3v) is 8.71. The third kappa shape index (κ3) is 6.72. The van der Waals surface area contributed by atoms with Crippen LogP contribution in [0, 0.1) is 0 Å². The molecule has 1 atom stereocenters. The predicted octanol–water partition coefficient (Wildman–Crippen LogP) is 3.30. The van der Waals surface area contributed by atoms with E-state index in [9.17, 15) is 9.90 Å². The summed E-state index contributed by atoms with van der Waals surface area (Å²) >= 11 is 0. The number of aliphatic hydroxyl groups excluding tert-OH is 1. The highest BCUT2D eigenvalue weighted by Gasteiger charge is 2.37. The highest BCUT2D eigenvalue weighted by Crippen LogP contribution is 2.36. The van der Waals surface area contributed by atoms with Gasteiger partial charge in [-0.15, -0.1) is 0 Å². The fourth-order valence-corrected chi connectivity index (χ4v) is 2.65. The SMILES string of the molecule is CC(C)(C)[Si](C)(C)OCC(CO)NC(=O)OCc1ccccc1. The van der Waals surface area contributed by atoms with Crippen LogP contribution in [-0.4, -0.2) is 38.8 Å². The summed E-state index contributed by atoms with van der Waals surface area (Å²) in [5, 5.41) is 12.2. The van der Waals surface area contributed by atoms with Crippen molar-refractivity contribution < 1.29 is 19.1 Å². The fraction of sp³-hybridized carbons (Fsp3) is 0.588. The second kappa shape index (κ2) is 8.47. The lowest BCUT2D eigenvalue weighted by molar-refractivity contribution is 0.118. The minimum absolute atomic E-state index is 0.0842. The minimum atomic E-state index is -1.91. The summed E-state index contributed by atoms with van der Waals surface area (Å²) in [5.74, 6) is 0. The van der Waals surface area contributed by atoms with Crippen LogP contribution in [0.2, 0.25) is 18.1 Å². The maximum Gasteiger partial charge on any atom is 0.407 e. The molecule has 6 heteroatoms. The van der Waals surface area contributed by atoms with Crippen LogP contribution in [0.5, 0.6) is 0 Å². The van der Waals surface area contributed by atoms with Gasteiger partial charge in [-0.05, 0) is 23.7 Å². The number of carbonyl (C=O) groups excluding carboxylic acids is 1. The predicted molar refractivity (Wildman–Crippen MR) is 93.8 cm³/mol. The molecule has 0 heterocycles. The molecule has 0 spiro atoms. The third-order valence-electron chi connectivity index (χ3n) is 4.21. The van der Waals surface area contributed by atoms with Crippen LogP contribution < -0.4 is 5.32 Å². The number of hydrogen-bond acceptors (Lipinski definition) is 4. The lowest BCUT2D eigenvalue weighted by Gasteiger charge is -2.37. The molecule has 0 saturated carbocycles. The second-order valence-corrected chi connectivity index (χ2v) is 12.0. The van der Waals surface area contributed by atoms with Crippen molar-refractivity contribution in [2.75, 3.05) is 13.2 Å². The normalized spacial score (nSPS) is 13.5. The maximum absolute atomic E-state index is 11.8. The number of aliphatic hydroxyl groups is 1. The van der Waals surface area contributed by atoms with Crippen molar-refractivity contribution in [3.05, 3.63) is 35.9 Å². The first-order valence-electron chi connectivity index (χ1n) is 7.88. The van der Waals surface area contributed by atoms with Crippen molar-refractivity contribution in [3.63, 3.8) is 0 Å². The standard InChI is InChI=1S/C17H29NO4Si/c1-17(2,3)23(4,5)22-13-15(11-19)18-16(20)21-12-14-9-7-6-8-10-14/h6-10,15,19H,11-13H2,1-5H3,(H,18,20). The first kappa shape index (κ1) is 19.7. The maximum atomic E-state index is 11.8. The quantitative estimate of drug-likeness (QED) is 0.748. The summed E-state index contributed by atoms with van der Waals surface area (Å²) in [6.07, 6.45) is -0.549. The summed E-state index contributed by atoms with van der Waals surface area (Å²) in [5.41, 5.74) is 0.917. The Balaban J connectivity index is 2.42. The van der Waals surface area contributed by atoms with Gasteiger partial charge in [-0.25, -0.2) is 4.79 Å². The van der Waals surface area contributed by atoms with E-state index in [-0.39, 0.29) is 24.9 Å². The summed E-state index contributed by atoms with van der Waals surface area (Å²) in [7, 11) is -1.91. The summed E-state index contributed by atoms with van der Waals surface area (Å²) < 4.78 is 11.2. The van der Waals surface area contributed by atoms with E-state index in [2.05, 4.69) is 39.2 Å². The number of ether oxygens (including phenoxy) is 1. The number of alkyl carbamates (subject to hydrolysis) is 1. The lowest BCUT2D eigenvalue weighted by Crippen LogP contribution is -2.47. The van der Waals surface area contributed by atoms with E-state index in [1.54, 1.807) is 0 Å². The Hall–Kier alpha value is -1.37. The second-order valence-electron chi connectivity index (χ2n) is 7.16. The van der Waals surface area contributed by atoms with E-state index in [1.165, 1.54) is 0 Å². The Kier molecular flexibility index (Phi) is 7.25. The first-order valence-corrected chi connectivity index (χ1v) is 10.8. The summed E-state index contributed by atoms with van der Waals surface area (Å²) in [6.45, 7) is 11.0. The van der Waals surface area contributed by atoms with Crippen LogP contribution in [0.4, 0.5) is 4.79 Å². The van der Waals surface area contributed by atoms with Crippen molar-refractivity contribution in [1.29, 1.82) is 0 Å². The molecule has 1 amide bonds. The van der Waals surface area contributed by atoms with E-state index in [0.717, 1.165) is 5.56 Å². The number of carbonyl (C=O) groups is 1. The van der Waals surface area contributed by atoms with E-state index < -0.39 is 20.5 Å². The number of rotatable bonds is 7. The fourth-order valence-electron chi connectivity index (χ4n) is 1.60. The van der Waals surface area contributed by atoms with Crippen LogP contribution in [0.3, 0.4) is 0 Å². The van der Waals surface area contributed by atoms with Crippen molar-refractivity contribution in [2.45, 2.75) is 51.6 Å². The van der Waals surface area contributed by atoms with Gasteiger partial charge in [0.25, 0.3) is 0 Å². The molecular weight excluding hydrogens is 310 g/mol. The molecule has 2 N–H and O–H groups in total. The van der Waals surface area contributed by atoms with Crippen LogP contribution in [-0.2, 0) is 15.8 Å². The number of hydrogen-bond donors (Lipinski definition) is 2. The van der Waals surface area contributed by atoms with Gasteiger partial charge in [0, 0.05) is 0 Å². The number of amides is 1. The first-order chi connectivity index (χ1) is 10.7. The van der Waals surface area contributed by atoms with Crippen LogP contribution in [0.25, 0.3) is 0 Å². The van der Waals surface area contributed by atoms with E-state index >= 15 is 0 Å². The molecule has 23 heavy (non-hydrogen) atoms. The Morgan fingerprint density at radius 2 is 1.87 bits per heavy atom. The minimum Gasteiger partial charge on any atom is -0.445 e. The Bertz CT molecular complexity index is 485. The number of benzene rings is 1. The average molecular weight is 340 g/mol. The highest BCUT2D eigenvalue weighted by molar-refractivity contribution is 6.74. The van der Waals surface area contributed by atoms with E-state index in [1.807, 2.05) is 30.3 Å². The molecular formula is C17H29NO4Si. The van der Waals surface area contributed by atoms with Gasteiger partial charge in [-0.3, -0.25) is 0 Å². The molecule has 130 valence electrons.